The lowest BCUT2D eigenvalue weighted by Crippen LogP contribution is -2.09. The maximum absolute atomic E-state index is 5.60. The van der Waals surface area contributed by atoms with Crippen LogP contribution in [0.15, 0.2) is 30.3 Å². The highest BCUT2D eigenvalue weighted by Gasteiger charge is 2.26. The largest absolute Gasteiger partial charge is 0.377 e. The first-order valence-electron chi connectivity index (χ1n) is 8.77. The van der Waals surface area contributed by atoms with Gasteiger partial charge in [-0.15, -0.1) is 0 Å². The Morgan fingerprint density at radius 3 is 1.91 bits per heavy atom. The van der Waals surface area contributed by atoms with Crippen molar-refractivity contribution in [2.45, 2.75) is 73.8 Å². The van der Waals surface area contributed by atoms with Gasteiger partial charge in [-0.05, 0) is 35.2 Å². The quantitative estimate of drug-likeness (QED) is 0.566. The monoisotopic (exact) mass is 304 g/mol. The Morgan fingerprint density at radius 1 is 0.909 bits per heavy atom. The third-order valence-corrected chi connectivity index (χ3v) is 3.71. The van der Waals surface area contributed by atoms with Crippen LogP contribution < -0.4 is 0 Å². The van der Waals surface area contributed by atoms with Gasteiger partial charge in [0.05, 0.1) is 6.61 Å². The molecule has 0 spiro atoms. The first kappa shape index (κ1) is 19.2. The molecule has 1 aliphatic carbocycles. The summed E-state index contributed by atoms with van der Waals surface area (Å²) in [5.74, 6) is 1.09. The molecule has 0 radical (unpaired) electrons. The van der Waals surface area contributed by atoms with Crippen molar-refractivity contribution >= 4 is 0 Å². The summed E-state index contributed by atoms with van der Waals surface area (Å²) in [5, 5.41) is 0. The minimum atomic E-state index is 0.372. The Bertz CT molecular complexity index is 390. The van der Waals surface area contributed by atoms with Crippen molar-refractivity contribution in [1.29, 1.82) is 0 Å². The number of hydrogen-bond donors (Lipinski definition) is 0. The fraction of sp³-hybridized carbons (Fsp3) is 0.714. The van der Waals surface area contributed by atoms with Crippen molar-refractivity contribution in [3.05, 3.63) is 35.9 Å². The SMILES string of the molecule is CC(C)(C)CC1CC1.CC(C)(C)CCOCc1ccccc1. The molecule has 0 amide bonds. The van der Waals surface area contributed by atoms with E-state index in [1.165, 1.54) is 24.8 Å². The van der Waals surface area contributed by atoms with Crippen LogP contribution in [-0.2, 0) is 11.3 Å². The topological polar surface area (TPSA) is 9.23 Å². The zero-order valence-corrected chi connectivity index (χ0v) is 15.6. The third kappa shape index (κ3) is 11.8. The first-order valence-corrected chi connectivity index (χ1v) is 8.77. The van der Waals surface area contributed by atoms with E-state index >= 15 is 0 Å². The summed E-state index contributed by atoms with van der Waals surface area (Å²) in [4.78, 5) is 0. The summed E-state index contributed by atoms with van der Waals surface area (Å²) in [5.41, 5.74) is 2.21. The molecule has 0 saturated heterocycles. The highest BCUT2D eigenvalue weighted by atomic mass is 16.5. The predicted octanol–water partition coefficient (Wildman–Crippen LogP) is 6.47. The van der Waals surface area contributed by atoms with E-state index in [9.17, 15) is 0 Å². The van der Waals surface area contributed by atoms with Crippen molar-refractivity contribution in [1.82, 2.24) is 0 Å². The molecule has 22 heavy (non-hydrogen) atoms. The maximum Gasteiger partial charge on any atom is 0.0716 e. The minimum absolute atomic E-state index is 0.372. The lowest BCUT2D eigenvalue weighted by molar-refractivity contribution is 0.0962. The van der Waals surface area contributed by atoms with E-state index in [-0.39, 0.29) is 0 Å². The highest BCUT2D eigenvalue weighted by Crippen LogP contribution is 2.39. The molecule has 1 aliphatic rings. The molecular formula is C21H36O. The smallest absolute Gasteiger partial charge is 0.0716 e. The molecule has 126 valence electrons. The Hall–Kier alpha value is -0.820. The molecule has 0 bridgehead atoms. The molecule has 1 nitrogen and oxygen atoms in total. The Balaban J connectivity index is 0.000000255. The lowest BCUT2D eigenvalue weighted by Gasteiger charge is -2.17. The van der Waals surface area contributed by atoms with E-state index in [1.54, 1.807) is 0 Å². The van der Waals surface area contributed by atoms with Crippen LogP contribution in [-0.4, -0.2) is 6.61 Å². The van der Waals surface area contributed by atoms with Crippen LogP contribution in [0.1, 0.15) is 72.8 Å². The van der Waals surface area contributed by atoms with Crippen molar-refractivity contribution in [3.8, 4) is 0 Å². The number of ether oxygens (including phenoxy) is 1. The summed E-state index contributed by atoms with van der Waals surface area (Å²) < 4.78 is 5.60. The zero-order chi connectivity index (χ0) is 16.6. The molecule has 0 N–H and O–H groups in total. The molecule has 2 rings (SSSR count). The molecule has 1 fully saturated rings. The Morgan fingerprint density at radius 2 is 1.50 bits per heavy atom. The van der Waals surface area contributed by atoms with Crippen molar-refractivity contribution < 1.29 is 4.74 Å². The van der Waals surface area contributed by atoms with Crippen molar-refractivity contribution in [2.75, 3.05) is 6.61 Å². The van der Waals surface area contributed by atoms with Crippen LogP contribution in [0, 0.1) is 16.7 Å². The Kier molecular flexibility index (Phi) is 7.62. The van der Waals surface area contributed by atoms with Gasteiger partial charge in [0, 0.05) is 6.61 Å². The number of hydrogen-bond acceptors (Lipinski definition) is 1. The summed E-state index contributed by atoms with van der Waals surface area (Å²) in [6, 6.07) is 10.3. The van der Waals surface area contributed by atoms with Gasteiger partial charge in [-0.1, -0.05) is 84.7 Å². The molecule has 1 aromatic carbocycles. The number of benzene rings is 1. The second kappa shape index (κ2) is 8.72. The predicted molar refractivity (Wildman–Crippen MR) is 97.0 cm³/mol. The van der Waals surface area contributed by atoms with Gasteiger partial charge in [-0.25, -0.2) is 0 Å². The van der Waals surface area contributed by atoms with Gasteiger partial charge in [0.1, 0.15) is 0 Å². The summed E-state index contributed by atoms with van der Waals surface area (Å²) in [7, 11) is 0. The van der Waals surface area contributed by atoms with Crippen molar-refractivity contribution in [2.24, 2.45) is 16.7 Å². The van der Waals surface area contributed by atoms with Gasteiger partial charge in [-0.3, -0.25) is 0 Å². The van der Waals surface area contributed by atoms with Crippen LogP contribution in [0.5, 0.6) is 0 Å². The molecule has 1 saturated carbocycles. The second-order valence-corrected chi connectivity index (χ2v) is 9.06. The van der Waals surface area contributed by atoms with Gasteiger partial charge in [0.15, 0.2) is 0 Å². The minimum Gasteiger partial charge on any atom is -0.377 e. The van der Waals surface area contributed by atoms with Crippen LogP contribution in [0.2, 0.25) is 0 Å². The van der Waals surface area contributed by atoms with Crippen LogP contribution in [0.3, 0.4) is 0 Å². The first-order chi connectivity index (χ1) is 10.2. The summed E-state index contributed by atoms with van der Waals surface area (Å²) in [6.07, 6.45) is 5.54. The van der Waals surface area contributed by atoms with Gasteiger partial charge in [0.2, 0.25) is 0 Å². The lowest BCUT2D eigenvalue weighted by atomic mass is 9.90. The molecular weight excluding hydrogens is 268 g/mol. The molecule has 1 aromatic rings. The molecule has 0 atom stereocenters. The van der Waals surface area contributed by atoms with Gasteiger partial charge in [0.25, 0.3) is 0 Å². The summed E-state index contributed by atoms with van der Waals surface area (Å²) in [6.45, 7) is 15.3. The molecule has 0 aliphatic heterocycles. The Labute approximate surface area is 138 Å². The molecule has 0 aromatic heterocycles. The third-order valence-electron chi connectivity index (χ3n) is 3.71. The maximum atomic E-state index is 5.60. The van der Waals surface area contributed by atoms with Crippen molar-refractivity contribution in [3.63, 3.8) is 0 Å². The van der Waals surface area contributed by atoms with E-state index in [0.717, 1.165) is 25.6 Å². The standard InChI is InChI=1S/C13H20O.C8H16/c1-13(2,3)9-10-14-11-12-7-5-4-6-8-12;1-8(2,3)6-7-4-5-7/h4-8H,9-11H2,1-3H3;7H,4-6H2,1-3H3. The van der Waals surface area contributed by atoms with E-state index in [0.29, 0.717) is 10.8 Å². The van der Waals surface area contributed by atoms with Crippen LogP contribution >= 0.6 is 0 Å². The van der Waals surface area contributed by atoms with Gasteiger partial charge in [-0.2, -0.15) is 0 Å². The second-order valence-electron chi connectivity index (χ2n) is 9.06. The normalized spacial score (nSPS) is 15.2. The average molecular weight is 305 g/mol. The van der Waals surface area contributed by atoms with Gasteiger partial charge < -0.3 is 4.74 Å². The zero-order valence-electron chi connectivity index (χ0n) is 15.6. The fourth-order valence-corrected chi connectivity index (χ4v) is 2.33. The average Bonchev–Trinajstić information content (AvgIpc) is 3.17. The van der Waals surface area contributed by atoms with E-state index in [1.807, 2.05) is 18.2 Å². The van der Waals surface area contributed by atoms with E-state index in [2.05, 4.69) is 53.7 Å². The van der Waals surface area contributed by atoms with E-state index < -0.39 is 0 Å². The summed E-state index contributed by atoms with van der Waals surface area (Å²) >= 11 is 0. The fourth-order valence-electron chi connectivity index (χ4n) is 2.33. The van der Waals surface area contributed by atoms with Crippen LogP contribution in [0.25, 0.3) is 0 Å². The molecule has 0 heterocycles. The van der Waals surface area contributed by atoms with Crippen LogP contribution in [0.4, 0.5) is 0 Å². The molecule has 1 heteroatoms. The number of rotatable bonds is 5. The van der Waals surface area contributed by atoms with E-state index in [4.69, 9.17) is 4.74 Å². The molecule has 0 unspecified atom stereocenters. The van der Waals surface area contributed by atoms with Gasteiger partial charge >= 0.3 is 0 Å². The highest BCUT2D eigenvalue weighted by molar-refractivity contribution is 5.13.